The van der Waals surface area contributed by atoms with Gasteiger partial charge in [0.25, 0.3) is 0 Å². The normalized spacial score (nSPS) is 12.6. The first-order valence-corrected chi connectivity index (χ1v) is 6.42. The number of unbranched alkanes of at least 4 members (excludes halogenated alkanes) is 1. The molecule has 98 valence electrons. The van der Waals surface area contributed by atoms with Crippen molar-refractivity contribution in [1.82, 2.24) is 0 Å². The van der Waals surface area contributed by atoms with Crippen LogP contribution in [0, 0.1) is 0 Å². The van der Waals surface area contributed by atoms with Crippen LogP contribution in [0.3, 0.4) is 0 Å². The first-order valence-electron chi connectivity index (χ1n) is 5.63. The summed E-state index contributed by atoms with van der Waals surface area (Å²) >= 11 is 3.25. The lowest BCUT2D eigenvalue weighted by molar-refractivity contribution is 0.0695. The Kier molecular flexibility index (Phi) is 3.96. The monoisotopic (exact) mass is 316 g/mol. The van der Waals surface area contributed by atoms with Crippen LogP contribution in [-0.4, -0.2) is 24.5 Å². The predicted molar refractivity (Wildman–Crippen MR) is 67.6 cm³/mol. The lowest BCUT2D eigenvalue weighted by atomic mass is 10.2. The van der Waals surface area contributed by atoms with Gasteiger partial charge in [0.1, 0.15) is 0 Å². The van der Waals surface area contributed by atoms with Gasteiger partial charge in [0, 0.05) is 6.07 Å². The van der Waals surface area contributed by atoms with E-state index >= 15 is 0 Å². The number of carboxylic acid groups (broad SMARTS) is 1. The van der Waals surface area contributed by atoms with Crippen molar-refractivity contribution in [1.29, 1.82) is 0 Å². The van der Waals surface area contributed by atoms with E-state index in [0.29, 0.717) is 28.3 Å². The average Bonchev–Trinajstić information content (AvgIpc) is 2.79. The lowest BCUT2D eigenvalue weighted by Gasteiger charge is -2.12. The highest BCUT2D eigenvalue weighted by Gasteiger charge is 2.27. The summed E-state index contributed by atoms with van der Waals surface area (Å²) in [6.07, 6.45) is 1.88. The van der Waals surface area contributed by atoms with Gasteiger partial charge >= 0.3 is 5.97 Å². The van der Waals surface area contributed by atoms with Gasteiger partial charge in [-0.05, 0) is 22.4 Å². The Hall–Kier alpha value is -1.43. The molecule has 1 aliphatic rings. The van der Waals surface area contributed by atoms with Crippen molar-refractivity contribution in [2.45, 2.75) is 19.8 Å². The number of halogens is 1. The van der Waals surface area contributed by atoms with Crippen molar-refractivity contribution in [3.8, 4) is 17.2 Å². The van der Waals surface area contributed by atoms with E-state index < -0.39 is 5.97 Å². The number of benzene rings is 1. The zero-order valence-corrected chi connectivity index (χ0v) is 11.4. The Balaban J connectivity index is 2.38. The number of fused-ring (bicyclic) bond motifs is 1. The highest BCUT2D eigenvalue weighted by molar-refractivity contribution is 9.10. The summed E-state index contributed by atoms with van der Waals surface area (Å²) in [6, 6.07) is 1.43. The van der Waals surface area contributed by atoms with Crippen molar-refractivity contribution in [3.63, 3.8) is 0 Å². The average molecular weight is 317 g/mol. The van der Waals surface area contributed by atoms with Gasteiger partial charge in [-0.25, -0.2) is 4.79 Å². The molecular formula is C12H13BrO5. The van der Waals surface area contributed by atoms with Crippen molar-refractivity contribution in [2.24, 2.45) is 0 Å². The van der Waals surface area contributed by atoms with Crippen LogP contribution in [0.15, 0.2) is 10.5 Å². The van der Waals surface area contributed by atoms with E-state index in [9.17, 15) is 4.79 Å². The minimum Gasteiger partial charge on any atom is -0.488 e. The first kappa shape index (κ1) is 13.0. The summed E-state index contributed by atoms with van der Waals surface area (Å²) in [5.41, 5.74) is 0.103. The highest BCUT2D eigenvalue weighted by atomic mass is 79.9. The van der Waals surface area contributed by atoms with Crippen molar-refractivity contribution in [2.75, 3.05) is 13.4 Å². The molecule has 0 saturated carbocycles. The third-order valence-corrected chi connectivity index (χ3v) is 3.32. The Bertz CT molecular complexity index is 472. The molecule has 0 atom stereocenters. The molecule has 0 aliphatic carbocycles. The molecule has 1 aromatic carbocycles. The summed E-state index contributed by atoms with van der Waals surface area (Å²) in [7, 11) is 0. The summed E-state index contributed by atoms with van der Waals surface area (Å²) in [4.78, 5) is 11.1. The van der Waals surface area contributed by atoms with Crippen LogP contribution in [0.1, 0.15) is 30.1 Å². The van der Waals surface area contributed by atoms with Crippen LogP contribution in [0.25, 0.3) is 0 Å². The van der Waals surface area contributed by atoms with E-state index in [1.165, 1.54) is 6.07 Å². The maximum Gasteiger partial charge on any atom is 0.337 e. The molecule has 1 aromatic rings. The van der Waals surface area contributed by atoms with Crippen LogP contribution < -0.4 is 14.2 Å². The van der Waals surface area contributed by atoms with Gasteiger partial charge in [-0.3, -0.25) is 0 Å². The number of hydrogen-bond donors (Lipinski definition) is 1. The van der Waals surface area contributed by atoms with Crippen LogP contribution in [0.4, 0.5) is 0 Å². The maximum atomic E-state index is 11.1. The molecule has 18 heavy (non-hydrogen) atoms. The zero-order chi connectivity index (χ0) is 13.1. The van der Waals surface area contributed by atoms with Crippen LogP contribution in [0.5, 0.6) is 17.2 Å². The molecule has 1 aliphatic heterocycles. The van der Waals surface area contributed by atoms with Crippen LogP contribution >= 0.6 is 15.9 Å². The zero-order valence-electron chi connectivity index (χ0n) is 9.86. The topological polar surface area (TPSA) is 65.0 Å². The summed E-state index contributed by atoms with van der Waals surface area (Å²) in [5, 5.41) is 9.11. The van der Waals surface area contributed by atoms with Crippen molar-refractivity contribution in [3.05, 3.63) is 16.1 Å². The smallest absolute Gasteiger partial charge is 0.337 e. The molecule has 1 heterocycles. The fourth-order valence-electron chi connectivity index (χ4n) is 1.59. The largest absolute Gasteiger partial charge is 0.488 e. The standard InChI is InChI=1S/C12H13BrO5/c1-2-3-4-16-11-9(13)7(12(14)15)5-8-10(11)18-6-17-8/h5H,2-4,6H2,1H3,(H,14,15). The van der Waals surface area contributed by atoms with Gasteiger partial charge in [-0.15, -0.1) is 0 Å². The maximum absolute atomic E-state index is 11.1. The van der Waals surface area contributed by atoms with Gasteiger partial charge in [0.2, 0.25) is 12.5 Å². The number of aromatic carboxylic acids is 1. The van der Waals surface area contributed by atoms with Gasteiger partial charge in [0.15, 0.2) is 11.5 Å². The second-order valence-corrected chi connectivity index (χ2v) is 4.60. The predicted octanol–water partition coefficient (Wildman–Crippen LogP) is 3.05. The van der Waals surface area contributed by atoms with E-state index in [4.69, 9.17) is 19.3 Å². The molecule has 1 N–H and O–H groups in total. The van der Waals surface area contributed by atoms with Crippen molar-refractivity contribution < 1.29 is 24.1 Å². The molecular weight excluding hydrogens is 304 g/mol. The summed E-state index contributed by atoms with van der Waals surface area (Å²) in [5.74, 6) is 0.224. The molecule has 0 fully saturated rings. The third kappa shape index (κ3) is 2.38. The van der Waals surface area contributed by atoms with Gasteiger partial charge in [-0.1, -0.05) is 13.3 Å². The number of carboxylic acids is 1. The SMILES string of the molecule is CCCCOc1c(Br)c(C(=O)O)cc2c1OCO2. The molecule has 0 spiro atoms. The minimum atomic E-state index is -1.04. The Morgan fingerprint density at radius 1 is 1.56 bits per heavy atom. The first-order chi connectivity index (χ1) is 8.65. The molecule has 0 amide bonds. The highest BCUT2D eigenvalue weighted by Crippen LogP contribution is 2.47. The van der Waals surface area contributed by atoms with E-state index in [1.54, 1.807) is 0 Å². The van der Waals surface area contributed by atoms with Gasteiger partial charge in [-0.2, -0.15) is 0 Å². The minimum absolute atomic E-state index is 0.0784. The van der Waals surface area contributed by atoms with E-state index in [0.717, 1.165) is 12.8 Å². The fraction of sp³-hybridized carbons (Fsp3) is 0.417. The van der Waals surface area contributed by atoms with E-state index in [2.05, 4.69) is 22.9 Å². The van der Waals surface area contributed by atoms with Gasteiger partial charge < -0.3 is 19.3 Å². The molecule has 0 unspecified atom stereocenters. The number of ether oxygens (including phenoxy) is 3. The molecule has 0 aromatic heterocycles. The number of carbonyl (C=O) groups is 1. The molecule has 0 bridgehead atoms. The Labute approximate surface area is 113 Å². The number of rotatable bonds is 5. The lowest BCUT2D eigenvalue weighted by Crippen LogP contribution is -2.03. The summed E-state index contributed by atoms with van der Waals surface area (Å²) < 4.78 is 16.5. The van der Waals surface area contributed by atoms with E-state index in [1.807, 2.05) is 0 Å². The second-order valence-electron chi connectivity index (χ2n) is 3.81. The molecule has 5 nitrogen and oxygen atoms in total. The number of hydrogen-bond acceptors (Lipinski definition) is 4. The van der Waals surface area contributed by atoms with E-state index in [-0.39, 0.29) is 12.4 Å². The van der Waals surface area contributed by atoms with Gasteiger partial charge in [0.05, 0.1) is 16.6 Å². The third-order valence-electron chi connectivity index (χ3n) is 2.53. The molecule has 0 saturated heterocycles. The van der Waals surface area contributed by atoms with Crippen LogP contribution in [-0.2, 0) is 0 Å². The second kappa shape index (κ2) is 5.48. The molecule has 2 rings (SSSR count). The summed E-state index contributed by atoms with van der Waals surface area (Å²) in [6.45, 7) is 2.64. The molecule has 0 radical (unpaired) electrons. The Morgan fingerprint density at radius 2 is 2.33 bits per heavy atom. The Morgan fingerprint density at radius 3 is 3.00 bits per heavy atom. The quantitative estimate of drug-likeness (QED) is 0.846. The van der Waals surface area contributed by atoms with Crippen molar-refractivity contribution >= 4 is 21.9 Å². The fourth-order valence-corrected chi connectivity index (χ4v) is 2.17. The molecule has 6 heteroatoms. The van der Waals surface area contributed by atoms with Crippen LogP contribution in [0.2, 0.25) is 0 Å².